The van der Waals surface area contributed by atoms with Crippen LogP contribution >= 0.6 is 31.9 Å². The molecule has 1 aliphatic rings. The Bertz CT molecular complexity index is 1590. The molecule has 4 amide bonds. The second-order valence-electron chi connectivity index (χ2n) is 8.40. The zero-order valence-electron chi connectivity index (χ0n) is 20.0. The molecule has 0 unspecified atom stereocenters. The van der Waals surface area contributed by atoms with Crippen molar-refractivity contribution in [1.29, 1.82) is 0 Å². The summed E-state index contributed by atoms with van der Waals surface area (Å²) in [5.41, 5.74) is 1.74. The fourth-order valence-corrected chi connectivity index (χ4v) is 5.61. The van der Waals surface area contributed by atoms with Crippen LogP contribution in [0.15, 0.2) is 93.4 Å². The number of anilines is 1. The third-order valence-electron chi connectivity index (χ3n) is 6.02. The second-order valence-corrected chi connectivity index (χ2v) is 10.1. The summed E-state index contributed by atoms with van der Waals surface area (Å²) in [5.74, 6) is -0.349. The van der Waals surface area contributed by atoms with Crippen LogP contribution in [0.25, 0.3) is 16.8 Å². The van der Waals surface area contributed by atoms with Crippen LogP contribution in [-0.4, -0.2) is 25.0 Å². The van der Waals surface area contributed by atoms with E-state index in [0.29, 0.717) is 38.3 Å². The number of imide groups is 2. The van der Waals surface area contributed by atoms with Gasteiger partial charge in [-0.1, -0.05) is 42.5 Å². The third kappa shape index (κ3) is 5.07. The Morgan fingerprint density at radius 2 is 1.58 bits per heavy atom. The Kier molecular flexibility index (Phi) is 7.31. The number of urea groups is 1. The fourth-order valence-electron chi connectivity index (χ4n) is 4.16. The van der Waals surface area contributed by atoms with E-state index >= 15 is 0 Å². The van der Waals surface area contributed by atoms with E-state index in [4.69, 9.17) is 9.47 Å². The molecule has 38 heavy (non-hydrogen) atoms. The van der Waals surface area contributed by atoms with Gasteiger partial charge in [-0.3, -0.25) is 14.9 Å². The lowest BCUT2D eigenvalue weighted by molar-refractivity contribution is -0.122. The molecule has 0 aromatic heterocycles. The van der Waals surface area contributed by atoms with E-state index in [1.807, 2.05) is 24.3 Å². The van der Waals surface area contributed by atoms with Crippen molar-refractivity contribution in [3.8, 4) is 11.5 Å². The molecule has 0 saturated carbocycles. The molecule has 1 fully saturated rings. The minimum absolute atomic E-state index is 0.177. The number of halogens is 2. The Hall–Kier alpha value is -3.95. The summed E-state index contributed by atoms with van der Waals surface area (Å²) in [5, 5.41) is 4.47. The molecule has 7 nitrogen and oxygen atoms in total. The van der Waals surface area contributed by atoms with Crippen LogP contribution in [0.3, 0.4) is 0 Å². The molecule has 4 aromatic carbocycles. The van der Waals surface area contributed by atoms with Gasteiger partial charge in [-0.25, -0.2) is 9.69 Å². The number of hydrogen-bond donors (Lipinski definition) is 1. The summed E-state index contributed by atoms with van der Waals surface area (Å²) in [6.07, 6.45) is 1.44. The standard InChI is InChI=1S/C29H20Br2N2O5/c1-37-21-11-9-20(10-12-21)33-28(35)23(27(34)32-29(33)36)13-17-14-24(30)26(25(31)15-17)38-16-19-7-4-6-18-5-2-3-8-22(18)19/h2-15H,16H2,1H3,(H,32,34,36). The van der Waals surface area contributed by atoms with Gasteiger partial charge >= 0.3 is 6.03 Å². The average Bonchev–Trinajstić information content (AvgIpc) is 2.91. The van der Waals surface area contributed by atoms with E-state index in [1.54, 1.807) is 36.4 Å². The first-order valence-electron chi connectivity index (χ1n) is 11.5. The first-order chi connectivity index (χ1) is 18.4. The van der Waals surface area contributed by atoms with Gasteiger partial charge in [0.05, 0.1) is 21.7 Å². The van der Waals surface area contributed by atoms with Crippen molar-refractivity contribution < 1.29 is 23.9 Å². The Morgan fingerprint density at radius 1 is 0.895 bits per heavy atom. The highest BCUT2D eigenvalue weighted by molar-refractivity contribution is 9.11. The second kappa shape index (κ2) is 10.8. The molecule has 4 aromatic rings. The van der Waals surface area contributed by atoms with Gasteiger partial charge in [-0.15, -0.1) is 0 Å². The predicted octanol–water partition coefficient (Wildman–Crippen LogP) is 6.62. The van der Waals surface area contributed by atoms with E-state index < -0.39 is 17.8 Å². The van der Waals surface area contributed by atoms with Gasteiger partial charge < -0.3 is 9.47 Å². The normalized spacial score (nSPS) is 14.7. The molecule has 5 rings (SSSR count). The van der Waals surface area contributed by atoms with Crippen molar-refractivity contribution in [3.05, 3.63) is 105 Å². The van der Waals surface area contributed by atoms with E-state index in [1.165, 1.54) is 13.2 Å². The first kappa shape index (κ1) is 25.7. The lowest BCUT2D eigenvalue weighted by atomic mass is 10.1. The average molecular weight is 636 g/mol. The highest BCUT2D eigenvalue weighted by Crippen LogP contribution is 2.37. The number of carbonyl (C=O) groups excluding carboxylic acids is 3. The molecule has 1 N–H and O–H groups in total. The van der Waals surface area contributed by atoms with Crippen LogP contribution < -0.4 is 19.7 Å². The number of methoxy groups -OCH3 is 1. The molecule has 190 valence electrons. The van der Waals surface area contributed by atoms with Crippen molar-refractivity contribution in [1.82, 2.24) is 5.32 Å². The van der Waals surface area contributed by atoms with Crippen LogP contribution in [0, 0.1) is 0 Å². The summed E-state index contributed by atoms with van der Waals surface area (Å²) < 4.78 is 12.5. The number of carbonyl (C=O) groups is 3. The number of nitrogens with zero attached hydrogens (tertiary/aromatic N) is 1. The highest BCUT2D eigenvalue weighted by Gasteiger charge is 2.36. The number of benzene rings is 4. The molecule has 0 atom stereocenters. The molecule has 1 aliphatic heterocycles. The summed E-state index contributed by atoms with van der Waals surface area (Å²) in [4.78, 5) is 39.2. The van der Waals surface area contributed by atoms with Crippen LogP contribution in [0.5, 0.6) is 11.5 Å². The molecule has 1 saturated heterocycles. The van der Waals surface area contributed by atoms with Crippen LogP contribution in [0.1, 0.15) is 11.1 Å². The zero-order chi connectivity index (χ0) is 26.8. The topological polar surface area (TPSA) is 84.9 Å². The van der Waals surface area contributed by atoms with Gasteiger partial charge in [0, 0.05) is 0 Å². The molecule has 1 heterocycles. The van der Waals surface area contributed by atoms with Crippen molar-refractivity contribution in [3.63, 3.8) is 0 Å². The van der Waals surface area contributed by atoms with E-state index in [9.17, 15) is 14.4 Å². The Morgan fingerprint density at radius 3 is 2.29 bits per heavy atom. The van der Waals surface area contributed by atoms with E-state index in [2.05, 4.69) is 55.4 Å². The third-order valence-corrected chi connectivity index (χ3v) is 7.19. The van der Waals surface area contributed by atoms with Crippen LogP contribution in [-0.2, 0) is 16.2 Å². The predicted molar refractivity (Wildman–Crippen MR) is 152 cm³/mol. The molecule has 0 radical (unpaired) electrons. The van der Waals surface area contributed by atoms with Crippen molar-refractivity contribution in [2.24, 2.45) is 0 Å². The summed E-state index contributed by atoms with van der Waals surface area (Å²) in [6.45, 7) is 0.346. The van der Waals surface area contributed by atoms with E-state index in [-0.39, 0.29) is 5.57 Å². The molecule has 0 spiro atoms. The van der Waals surface area contributed by atoms with Gasteiger partial charge in [-0.2, -0.15) is 0 Å². The summed E-state index contributed by atoms with van der Waals surface area (Å²) in [6, 6.07) is 23.2. The number of ether oxygens (including phenoxy) is 2. The van der Waals surface area contributed by atoms with Gasteiger partial charge in [0.25, 0.3) is 11.8 Å². The molecule has 0 bridgehead atoms. The Labute approximate surface area is 235 Å². The maximum Gasteiger partial charge on any atom is 0.335 e. The SMILES string of the molecule is COc1ccc(N2C(=O)NC(=O)C(=Cc3cc(Br)c(OCc4cccc5ccccc45)c(Br)c3)C2=O)cc1. The van der Waals surface area contributed by atoms with Crippen molar-refractivity contribution in [2.75, 3.05) is 12.0 Å². The number of barbiturate groups is 1. The fraction of sp³-hybridized carbons (Fsp3) is 0.0690. The number of nitrogens with one attached hydrogen (secondary N) is 1. The van der Waals surface area contributed by atoms with Gasteiger partial charge in [0.15, 0.2) is 0 Å². The number of fused-ring (bicyclic) bond motifs is 1. The van der Waals surface area contributed by atoms with Crippen molar-refractivity contribution >= 4 is 72.2 Å². The zero-order valence-corrected chi connectivity index (χ0v) is 23.2. The van der Waals surface area contributed by atoms with Gasteiger partial charge in [0.1, 0.15) is 23.7 Å². The lowest BCUT2D eigenvalue weighted by Gasteiger charge is -2.26. The highest BCUT2D eigenvalue weighted by atomic mass is 79.9. The minimum atomic E-state index is -0.818. The maximum absolute atomic E-state index is 13.2. The molecular weight excluding hydrogens is 616 g/mol. The number of rotatable bonds is 6. The largest absolute Gasteiger partial charge is 0.497 e. The van der Waals surface area contributed by atoms with Crippen LogP contribution in [0.4, 0.5) is 10.5 Å². The monoisotopic (exact) mass is 634 g/mol. The molecular formula is C29H20Br2N2O5. The quantitative estimate of drug-likeness (QED) is 0.190. The number of hydrogen-bond acceptors (Lipinski definition) is 5. The number of amides is 4. The van der Waals surface area contributed by atoms with Crippen molar-refractivity contribution in [2.45, 2.75) is 6.61 Å². The first-order valence-corrected chi connectivity index (χ1v) is 13.1. The van der Waals surface area contributed by atoms with Gasteiger partial charge in [0.2, 0.25) is 0 Å². The molecule has 9 heteroatoms. The van der Waals surface area contributed by atoms with E-state index in [0.717, 1.165) is 21.2 Å². The van der Waals surface area contributed by atoms with Gasteiger partial charge in [-0.05, 0) is 96.2 Å². The Balaban J connectivity index is 1.41. The molecule has 0 aliphatic carbocycles. The minimum Gasteiger partial charge on any atom is -0.497 e. The lowest BCUT2D eigenvalue weighted by Crippen LogP contribution is -2.54. The maximum atomic E-state index is 13.2. The summed E-state index contributed by atoms with van der Waals surface area (Å²) >= 11 is 7.08. The summed E-state index contributed by atoms with van der Waals surface area (Å²) in [7, 11) is 1.52. The smallest absolute Gasteiger partial charge is 0.335 e. The van der Waals surface area contributed by atoms with Crippen LogP contribution in [0.2, 0.25) is 0 Å².